The highest BCUT2D eigenvalue weighted by atomic mass is 19.1. The number of rotatable bonds is 7. The first-order valence-electron chi connectivity index (χ1n) is 11.7. The second kappa shape index (κ2) is 9.80. The first kappa shape index (κ1) is 22.9. The van der Waals surface area contributed by atoms with Crippen molar-refractivity contribution in [2.45, 2.75) is 30.3 Å². The van der Waals surface area contributed by atoms with Crippen LogP contribution in [0.4, 0.5) is 4.39 Å². The van der Waals surface area contributed by atoms with Gasteiger partial charge in [0.1, 0.15) is 17.1 Å². The summed E-state index contributed by atoms with van der Waals surface area (Å²) in [5.41, 5.74) is 1.91. The summed E-state index contributed by atoms with van der Waals surface area (Å²) in [6.07, 6.45) is 2.38. The minimum absolute atomic E-state index is 0.0321. The predicted molar refractivity (Wildman–Crippen MR) is 130 cm³/mol. The van der Waals surface area contributed by atoms with Gasteiger partial charge in [0, 0.05) is 13.0 Å². The van der Waals surface area contributed by atoms with Crippen LogP contribution in [0.2, 0.25) is 0 Å². The number of halogens is 1. The zero-order chi connectivity index (χ0) is 23.4. The Bertz CT molecular complexity index is 1090. The Morgan fingerprint density at radius 2 is 1.68 bits per heavy atom. The quantitative estimate of drug-likeness (QED) is 0.430. The fourth-order valence-corrected chi connectivity index (χ4v) is 5.21. The molecule has 1 spiro atoms. The van der Waals surface area contributed by atoms with Crippen LogP contribution in [0.3, 0.4) is 0 Å². The largest absolute Gasteiger partial charge is 0.374 e. The number of hydrogen-bond donors (Lipinski definition) is 0. The summed E-state index contributed by atoms with van der Waals surface area (Å²) >= 11 is 0. The van der Waals surface area contributed by atoms with Gasteiger partial charge in [-0.1, -0.05) is 78.9 Å². The van der Waals surface area contributed by atoms with E-state index in [1.807, 2.05) is 48.5 Å². The summed E-state index contributed by atoms with van der Waals surface area (Å²) in [5.74, 6) is -0.242. The summed E-state index contributed by atoms with van der Waals surface area (Å²) < 4.78 is 33.0. The number of hydrogen-bond acceptors (Lipinski definition) is 4. The molecule has 2 heterocycles. The van der Waals surface area contributed by atoms with Gasteiger partial charge in [-0.2, -0.15) is 0 Å². The van der Waals surface area contributed by atoms with E-state index in [-0.39, 0.29) is 11.9 Å². The van der Waals surface area contributed by atoms with Gasteiger partial charge >= 0.3 is 0 Å². The lowest BCUT2D eigenvalue weighted by Crippen LogP contribution is -2.58. The van der Waals surface area contributed by atoms with Crippen LogP contribution >= 0.6 is 0 Å². The van der Waals surface area contributed by atoms with Crippen molar-refractivity contribution < 1.29 is 18.6 Å². The van der Waals surface area contributed by atoms with Gasteiger partial charge in [0.15, 0.2) is 0 Å². The van der Waals surface area contributed by atoms with Crippen LogP contribution in [0.25, 0.3) is 0 Å². The average Bonchev–Trinajstić information content (AvgIpc) is 3.21. The molecule has 1 unspecified atom stereocenters. The first-order chi connectivity index (χ1) is 16.6. The summed E-state index contributed by atoms with van der Waals surface area (Å²) in [6.45, 7) is 6.31. The molecule has 3 atom stereocenters. The number of nitrogens with zero attached hydrogens (tertiary/aromatic N) is 1. The van der Waals surface area contributed by atoms with Gasteiger partial charge in [-0.3, -0.25) is 4.90 Å². The third kappa shape index (κ3) is 4.44. The molecule has 0 aromatic heterocycles. The molecular weight excluding hydrogens is 429 g/mol. The summed E-state index contributed by atoms with van der Waals surface area (Å²) in [4.78, 5) is 2.36. The van der Waals surface area contributed by atoms with Gasteiger partial charge < -0.3 is 14.2 Å². The fourth-order valence-electron chi connectivity index (χ4n) is 5.21. The first-order valence-corrected chi connectivity index (χ1v) is 11.7. The van der Waals surface area contributed by atoms with Crippen molar-refractivity contribution in [3.05, 3.63) is 120 Å². The van der Waals surface area contributed by atoms with E-state index in [9.17, 15) is 4.39 Å². The molecule has 2 aliphatic heterocycles. The van der Waals surface area contributed by atoms with Crippen molar-refractivity contribution in [3.8, 4) is 0 Å². The third-order valence-corrected chi connectivity index (χ3v) is 6.86. The van der Waals surface area contributed by atoms with Gasteiger partial charge in [-0.15, -0.1) is 6.58 Å². The molecular formula is C29H30FNO3. The Hall–Kier alpha value is -2.83. The average molecular weight is 460 g/mol. The standard InChI is InChI=1S/C29H30FNO3/c1-2-17-33-28(25-11-7-4-8-12-25)20-29(22-32-21-28)31(18-23-9-5-3-6-10-23)27(19-34-29)24-13-15-26(30)16-14-24/h2-16,27H,1,17-22H2/t27-,28+,29?/m1/s1. The second-order valence-electron chi connectivity index (χ2n) is 9.07. The Morgan fingerprint density at radius 1 is 0.971 bits per heavy atom. The molecule has 0 amide bonds. The van der Waals surface area contributed by atoms with Crippen molar-refractivity contribution in [2.75, 3.05) is 26.4 Å². The zero-order valence-corrected chi connectivity index (χ0v) is 19.2. The summed E-state index contributed by atoms with van der Waals surface area (Å²) in [6, 6.07) is 27.3. The Labute approximate surface area is 200 Å². The van der Waals surface area contributed by atoms with Crippen LogP contribution in [0.15, 0.2) is 97.6 Å². The maximum Gasteiger partial charge on any atom is 0.149 e. The molecule has 0 bridgehead atoms. The summed E-state index contributed by atoms with van der Waals surface area (Å²) in [7, 11) is 0. The van der Waals surface area contributed by atoms with E-state index >= 15 is 0 Å². The molecule has 176 valence electrons. The molecule has 0 saturated carbocycles. The molecule has 2 aliphatic rings. The van der Waals surface area contributed by atoms with Gasteiger partial charge in [-0.25, -0.2) is 4.39 Å². The fraction of sp³-hybridized carbons (Fsp3) is 0.310. The second-order valence-corrected chi connectivity index (χ2v) is 9.07. The predicted octanol–water partition coefficient (Wildman–Crippen LogP) is 5.61. The lowest BCUT2D eigenvalue weighted by molar-refractivity contribution is -0.243. The normalized spacial score (nSPS) is 27.1. The SMILES string of the molecule is C=CCO[C@]1(c2ccccc2)COCC2(C1)OC[C@H](c1ccc(F)cc1)N2Cc1ccccc1. The smallest absolute Gasteiger partial charge is 0.149 e. The van der Waals surface area contributed by atoms with E-state index in [1.165, 1.54) is 17.7 Å². The van der Waals surface area contributed by atoms with Crippen molar-refractivity contribution in [2.24, 2.45) is 0 Å². The molecule has 3 aromatic carbocycles. The van der Waals surface area contributed by atoms with Crippen molar-refractivity contribution >= 4 is 0 Å². The van der Waals surface area contributed by atoms with Crippen LogP contribution in [0.1, 0.15) is 29.2 Å². The molecule has 2 fully saturated rings. The molecule has 5 heteroatoms. The van der Waals surface area contributed by atoms with Crippen LogP contribution in [-0.4, -0.2) is 37.1 Å². The van der Waals surface area contributed by atoms with E-state index in [2.05, 4.69) is 35.7 Å². The lowest BCUT2D eigenvalue weighted by Gasteiger charge is -2.49. The Morgan fingerprint density at radius 3 is 2.38 bits per heavy atom. The molecule has 0 radical (unpaired) electrons. The van der Waals surface area contributed by atoms with Crippen LogP contribution < -0.4 is 0 Å². The van der Waals surface area contributed by atoms with Crippen molar-refractivity contribution in [3.63, 3.8) is 0 Å². The molecule has 4 nitrogen and oxygen atoms in total. The molecule has 0 aliphatic carbocycles. The van der Waals surface area contributed by atoms with E-state index in [1.54, 1.807) is 6.08 Å². The minimum atomic E-state index is -0.690. The molecule has 2 saturated heterocycles. The minimum Gasteiger partial charge on any atom is -0.374 e. The van der Waals surface area contributed by atoms with E-state index in [4.69, 9.17) is 14.2 Å². The topological polar surface area (TPSA) is 30.9 Å². The molecule has 5 rings (SSSR count). The van der Waals surface area contributed by atoms with Gasteiger partial charge in [0.05, 0.1) is 32.5 Å². The van der Waals surface area contributed by atoms with Gasteiger partial charge in [-0.05, 0) is 28.8 Å². The Balaban J connectivity index is 1.54. The highest BCUT2D eigenvalue weighted by Gasteiger charge is 2.56. The van der Waals surface area contributed by atoms with Crippen LogP contribution in [0.5, 0.6) is 0 Å². The molecule has 0 N–H and O–H groups in total. The maximum atomic E-state index is 13.7. The molecule has 3 aromatic rings. The Kier molecular flexibility index (Phi) is 6.61. The lowest BCUT2D eigenvalue weighted by atomic mass is 9.83. The monoisotopic (exact) mass is 459 g/mol. The highest BCUT2D eigenvalue weighted by molar-refractivity contribution is 5.28. The van der Waals surface area contributed by atoms with E-state index < -0.39 is 11.3 Å². The van der Waals surface area contributed by atoms with E-state index in [0.29, 0.717) is 39.4 Å². The van der Waals surface area contributed by atoms with Crippen molar-refractivity contribution in [1.82, 2.24) is 4.90 Å². The van der Waals surface area contributed by atoms with E-state index in [0.717, 1.165) is 11.1 Å². The van der Waals surface area contributed by atoms with Gasteiger partial charge in [0.2, 0.25) is 0 Å². The van der Waals surface area contributed by atoms with Gasteiger partial charge in [0.25, 0.3) is 0 Å². The highest BCUT2D eigenvalue weighted by Crippen LogP contribution is 2.48. The number of ether oxygens (including phenoxy) is 3. The van der Waals surface area contributed by atoms with Crippen molar-refractivity contribution in [1.29, 1.82) is 0 Å². The molecule has 34 heavy (non-hydrogen) atoms. The third-order valence-electron chi connectivity index (χ3n) is 6.86. The maximum absolute atomic E-state index is 13.7. The number of benzene rings is 3. The summed E-state index contributed by atoms with van der Waals surface area (Å²) in [5, 5.41) is 0. The van der Waals surface area contributed by atoms with Crippen LogP contribution in [0, 0.1) is 5.82 Å². The zero-order valence-electron chi connectivity index (χ0n) is 19.2. The van der Waals surface area contributed by atoms with Crippen LogP contribution in [-0.2, 0) is 26.4 Å².